The maximum absolute atomic E-state index is 13.0. The predicted molar refractivity (Wildman–Crippen MR) is 144 cm³/mol. The van der Waals surface area contributed by atoms with Gasteiger partial charge < -0.3 is 20.3 Å². The number of ether oxygens (including phenoxy) is 1. The van der Waals surface area contributed by atoms with E-state index in [0.717, 1.165) is 48.5 Å². The van der Waals surface area contributed by atoms with E-state index >= 15 is 0 Å². The number of phenolic OH excluding ortho intramolecular Hbond substituents is 1. The predicted octanol–water partition coefficient (Wildman–Crippen LogP) is 4.23. The minimum absolute atomic E-state index is 0. The number of aliphatic hydroxyl groups is 1. The molecule has 8 heteroatoms. The molecule has 6 nitrogen and oxygen atoms in total. The highest BCUT2D eigenvalue weighted by molar-refractivity contribution is 6.32. The van der Waals surface area contributed by atoms with Gasteiger partial charge in [-0.15, -0.1) is 12.4 Å². The van der Waals surface area contributed by atoms with Crippen LogP contribution in [0.15, 0.2) is 42.5 Å². The summed E-state index contributed by atoms with van der Waals surface area (Å²) in [6.45, 7) is 1.94. The van der Waals surface area contributed by atoms with Gasteiger partial charge in [-0.25, -0.2) is 0 Å². The molecule has 7 rings (SSSR count). The van der Waals surface area contributed by atoms with E-state index in [9.17, 15) is 15.0 Å². The van der Waals surface area contributed by atoms with Gasteiger partial charge in [0.2, 0.25) is 5.91 Å². The molecule has 2 aliphatic heterocycles. The number of nitrogens with zero attached hydrogens (tertiary/aromatic N) is 1. The number of rotatable bonds is 5. The van der Waals surface area contributed by atoms with Gasteiger partial charge in [-0.3, -0.25) is 9.69 Å². The Labute approximate surface area is 228 Å². The fourth-order valence-electron chi connectivity index (χ4n) is 7.64. The fraction of sp³-hybridized carbons (Fsp3) is 0.483. The fourth-order valence-corrected chi connectivity index (χ4v) is 7.83. The van der Waals surface area contributed by atoms with Crippen LogP contribution in [0, 0.1) is 5.92 Å². The number of carbonyl (C=O) groups excluding carboxylic acids is 1. The summed E-state index contributed by atoms with van der Waals surface area (Å²) < 4.78 is 6.51. The topological polar surface area (TPSA) is 82.0 Å². The van der Waals surface area contributed by atoms with Crippen molar-refractivity contribution in [1.82, 2.24) is 10.2 Å². The van der Waals surface area contributed by atoms with Gasteiger partial charge in [-0.05, 0) is 80.3 Å². The van der Waals surface area contributed by atoms with Crippen LogP contribution in [-0.4, -0.2) is 57.9 Å². The van der Waals surface area contributed by atoms with Crippen molar-refractivity contribution in [3.8, 4) is 11.5 Å². The SMILES string of the molecule is Cl.O=C(/C=C/c1ccccc1Cl)N[C@@H]1CC[C@@]2(O)[C@H]3Cc4ccc(O)c5c4[C@@]2(CCN3CC2CC2)[C@H]1O5. The van der Waals surface area contributed by atoms with Crippen LogP contribution < -0.4 is 10.1 Å². The van der Waals surface area contributed by atoms with Gasteiger partial charge in [0.25, 0.3) is 0 Å². The number of hydrogen-bond donors (Lipinski definition) is 3. The number of carbonyl (C=O) groups is 1. The van der Waals surface area contributed by atoms with Gasteiger partial charge in [-0.2, -0.15) is 0 Å². The van der Waals surface area contributed by atoms with Crippen LogP contribution in [-0.2, 0) is 16.6 Å². The maximum Gasteiger partial charge on any atom is 0.244 e. The summed E-state index contributed by atoms with van der Waals surface area (Å²) in [6.07, 6.45) is 8.08. The van der Waals surface area contributed by atoms with Crippen molar-refractivity contribution < 1.29 is 19.7 Å². The third kappa shape index (κ3) is 3.63. The Hall–Kier alpha value is -2.25. The zero-order valence-corrected chi connectivity index (χ0v) is 22.1. The minimum atomic E-state index is -0.953. The molecule has 5 atom stereocenters. The van der Waals surface area contributed by atoms with Gasteiger partial charge in [0, 0.05) is 29.2 Å². The van der Waals surface area contributed by atoms with Gasteiger partial charge in [0.05, 0.1) is 17.1 Å². The summed E-state index contributed by atoms with van der Waals surface area (Å²) in [5, 5.41) is 27.0. The van der Waals surface area contributed by atoms with Crippen molar-refractivity contribution >= 4 is 36.0 Å². The third-order valence-corrected chi connectivity index (χ3v) is 9.75. The molecule has 2 bridgehead atoms. The molecule has 0 aromatic heterocycles. The Balaban J connectivity index is 0.00000252. The van der Waals surface area contributed by atoms with Crippen molar-refractivity contribution in [2.75, 3.05) is 13.1 Å². The molecule has 2 heterocycles. The normalized spacial score (nSPS) is 33.4. The standard InChI is InChI=1S/C29H31ClN2O4.ClH/c30-20-4-2-1-3-18(20)8-10-24(34)31-21-11-12-29(35)23-15-19-7-9-22(33)26-25(19)28(29,27(21)36-26)13-14-32(23)16-17-5-6-17;/h1-4,7-10,17,21,23,27,33,35H,5-6,11-16H2,(H,31,34);1H/b10-8+;/t21-,23-,27+,28+,29-;/m1./s1. The number of benzene rings is 2. The van der Waals surface area contributed by atoms with E-state index in [1.54, 1.807) is 18.2 Å². The van der Waals surface area contributed by atoms with Crippen LogP contribution in [0.2, 0.25) is 5.02 Å². The first-order valence-electron chi connectivity index (χ1n) is 13.1. The molecule has 2 aromatic carbocycles. The Morgan fingerprint density at radius 1 is 1.19 bits per heavy atom. The first-order valence-corrected chi connectivity index (χ1v) is 13.5. The van der Waals surface area contributed by atoms with Crippen LogP contribution in [0.25, 0.3) is 6.08 Å². The Morgan fingerprint density at radius 2 is 2.00 bits per heavy atom. The number of aromatic hydroxyl groups is 1. The van der Waals surface area contributed by atoms with Gasteiger partial charge in [0.15, 0.2) is 11.5 Å². The molecular formula is C29H32Cl2N2O4. The number of nitrogens with one attached hydrogen (secondary N) is 1. The summed E-state index contributed by atoms with van der Waals surface area (Å²) in [7, 11) is 0. The molecule has 37 heavy (non-hydrogen) atoms. The number of piperidine rings is 1. The van der Waals surface area contributed by atoms with Crippen LogP contribution >= 0.6 is 24.0 Å². The second-order valence-corrected chi connectivity index (χ2v) is 11.7. The number of halogens is 2. The highest BCUT2D eigenvalue weighted by Crippen LogP contribution is 2.65. The quantitative estimate of drug-likeness (QED) is 0.492. The van der Waals surface area contributed by atoms with Crippen molar-refractivity contribution in [3.63, 3.8) is 0 Å². The number of phenols is 1. The molecule has 196 valence electrons. The van der Waals surface area contributed by atoms with E-state index in [1.165, 1.54) is 18.9 Å². The lowest BCUT2D eigenvalue weighted by Gasteiger charge is -2.64. The zero-order chi connectivity index (χ0) is 24.7. The monoisotopic (exact) mass is 542 g/mol. The molecule has 2 aromatic rings. The Morgan fingerprint density at radius 3 is 2.78 bits per heavy atom. The van der Waals surface area contributed by atoms with Crippen molar-refractivity contribution in [1.29, 1.82) is 0 Å². The van der Waals surface area contributed by atoms with Crippen LogP contribution in [0.4, 0.5) is 0 Å². The smallest absolute Gasteiger partial charge is 0.244 e. The van der Waals surface area contributed by atoms with Crippen molar-refractivity contribution in [3.05, 3.63) is 64.2 Å². The zero-order valence-electron chi connectivity index (χ0n) is 20.5. The third-order valence-electron chi connectivity index (χ3n) is 9.41. The highest BCUT2D eigenvalue weighted by Gasteiger charge is 2.73. The van der Waals surface area contributed by atoms with Crippen LogP contribution in [0.3, 0.4) is 0 Å². The van der Waals surface area contributed by atoms with E-state index in [0.29, 0.717) is 23.6 Å². The van der Waals surface area contributed by atoms with E-state index in [1.807, 2.05) is 24.3 Å². The molecule has 2 saturated carbocycles. The molecule has 1 saturated heterocycles. The molecule has 0 radical (unpaired) electrons. The van der Waals surface area contributed by atoms with E-state index in [4.69, 9.17) is 16.3 Å². The summed E-state index contributed by atoms with van der Waals surface area (Å²) in [5.74, 6) is 1.14. The number of amides is 1. The summed E-state index contributed by atoms with van der Waals surface area (Å²) in [6, 6.07) is 10.9. The van der Waals surface area contributed by atoms with Gasteiger partial charge >= 0.3 is 0 Å². The largest absolute Gasteiger partial charge is 0.504 e. The summed E-state index contributed by atoms with van der Waals surface area (Å²) >= 11 is 6.24. The lowest BCUT2D eigenvalue weighted by Crippen LogP contribution is -2.78. The average molecular weight is 543 g/mol. The molecule has 0 unspecified atom stereocenters. The molecule has 3 fully saturated rings. The molecule has 1 amide bonds. The van der Waals surface area contributed by atoms with E-state index in [2.05, 4.69) is 10.2 Å². The van der Waals surface area contributed by atoms with Crippen LogP contribution in [0.5, 0.6) is 11.5 Å². The highest BCUT2D eigenvalue weighted by atomic mass is 35.5. The Kier molecular flexibility index (Phi) is 6.03. The molecule has 5 aliphatic rings. The summed E-state index contributed by atoms with van der Waals surface area (Å²) in [5.41, 5.74) is 1.32. The lowest BCUT2D eigenvalue weighted by atomic mass is 9.48. The number of hydrogen-bond acceptors (Lipinski definition) is 5. The molecule has 1 spiro atoms. The molecule has 3 aliphatic carbocycles. The second kappa shape index (κ2) is 8.91. The Bertz CT molecular complexity index is 1280. The second-order valence-electron chi connectivity index (χ2n) is 11.3. The molecule has 3 N–H and O–H groups in total. The minimum Gasteiger partial charge on any atom is -0.504 e. The van der Waals surface area contributed by atoms with E-state index < -0.39 is 17.1 Å². The average Bonchev–Trinajstić information content (AvgIpc) is 3.60. The van der Waals surface area contributed by atoms with Crippen molar-refractivity contribution in [2.45, 2.75) is 67.7 Å². The van der Waals surface area contributed by atoms with Gasteiger partial charge in [0.1, 0.15) is 6.10 Å². The van der Waals surface area contributed by atoms with Gasteiger partial charge in [-0.1, -0.05) is 35.9 Å². The first kappa shape index (κ1) is 25.1. The number of likely N-dealkylation sites (tertiary alicyclic amines) is 1. The summed E-state index contributed by atoms with van der Waals surface area (Å²) in [4.78, 5) is 15.5. The lowest BCUT2D eigenvalue weighted by molar-refractivity contribution is -0.192. The first-order chi connectivity index (χ1) is 17.4. The maximum atomic E-state index is 13.0. The van der Waals surface area contributed by atoms with E-state index in [-0.39, 0.29) is 36.1 Å². The van der Waals surface area contributed by atoms with Crippen molar-refractivity contribution in [2.24, 2.45) is 5.92 Å². The molecular weight excluding hydrogens is 511 g/mol. The van der Waals surface area contributed by atoms with Crippen LogP contribution in [0.1, 0.15) is 48.8 Å².